The van der Waals surface area contributed by atoms with Gasteiger partial charge >= 0.3 is 0 Å². The van der Waals surface area contributed by atoms with Crippen LogP contribution in [-0.2, 0) is 16.1 Å². The zero-order chi connectivity index (χ0) is 22.6. The molecule has 0 bridgehead atoms. The Hall–Kier alpha value is -3.77. The summed E-state index contributed by atoms with van der Waals surface area (Å²) in [6, 6.07) is 23.9. The predicted octanol–water partition coefficient (Wildman–Crippen LogP) is 6.25. The highest BCUT2D eigenvalue weighted by Gasteiger charge is 2.17. The highest BCUT2D eigenvalue weighted by atomic mass is 32.1. The standard InChI is InChI=1S/C27H23N3O2S/c31-26(29-20-8-2-1-3-9-20)11-6-12-27(32)30-21-13-19-16-28-17-23(19)22(15-21)25-14-18-7-4-5-10-24(18)33-25/h1-5,7-10,13-16H,6,11-12,17H2,(H,29,31)(H,30,32). The fourth-order valence-corrected chi connectivity index (χ4v) is 5.11. The summed E-state index contributed by atoms with van der Waals surface area (Å²) in [7, 11) is 0. The minimum absolute atomic E-state index is 0.0882. The van der Waals surface area contributed by atoms with Gasteiger partial charge in [-0.2, -0.15) is 0 Å². The number of amides is 2. The molecule has 0 saturated heterocycles. The maximum absolute atomic E-state index is 12.6. The summed E-state index contributed by atoms with van der Waals surface area (Å²) in [5.41, 5.74) is 4.87. The molecule has 0 spiro atoms. The van der Waals surface area contributed by atoms with E-state index in [0.29, 0.717) is 19.4 Å². The van der Waals surface area contributed by atoms with Crippen LogP contribution in [0.2, 0.25) is 0 Å². The second-order valence-corrected chi connectivity index (χ2v) is 9.11. The first kappa shape index (κ1) is 21.1. The smallest absolute Gasteiger partial charge is 0.224 e. The number of hydrogen-bond acceptors (Lipinski definition) is 4. The molecule has 0 aliphatic carbocycles. The molecular formula is C27H23N3O2S. The molecule has 0 atom stereocenters. The number of anilines is 2. The zero-order valence-corrected chi connectivity index (χ0v) is 18.8. The summed E-state index contributed by atoms with van der Waals surface area (Å²) in [4.78, 5) is 30.3. The van der Waals surface area contributed by atoms with Crippen molar-refractivity contribution in [2.24, 2.45) is 4.99 Å². The number of carbonyl (C=O) groups excluding carboxylic acids is 2. The second-order valence-electron chi connectivity index (χ2n) is 8.03. The molecule has 2 N–H and O–H groups in total. The Morgan fingerprint density at radius 2 is 1.58 bits per heavy atom. The number of benzene rings is 3. The number of aliphatic imine (C=N–C) groups is 1. The molecule has 33 heavy (non-hydrogen) atoms. The van der Waals surface area contributed by atoms with Crippen molar-refractivity contribution in [1.82, 2.24) is 0 Å². The molecule has 0 radical (unpaired) electrons. The highest BCUT2D eigenvalue weighted by Crippen LogP contribution is 2.39. The van der Waals surface area contributed by atoms with E-state index in [2.05, 4.69) is 33.8 Å². The Morgan fingerprint density at radius 1 is 0.848 bits per heavy atom. The highest BCUT2D eigenvalue weighted by molar-refractivity contribution is 7.22. The molecular weight excluding hydrogens is 430 g/mol. The maximum atomic E-state index is 12.6. The summed E-state index contributed by atoms with van der Waals surface area (Å²) in [5.74, 6) is -0.186. The van der Waals surface area contributed by atoms with Crippen LogP contribution >= 0.6 is 11.3 Å². The van der Waals surface area contributed by atoms with Crippen molar-refractivity contribution in [1.29, 1.82) is 0 Å². The van der Waals surface area contributed by atoms with Gasteiger partial charge in [0.1, 0.15) is 0 Å². The molecule has 0 fully saturated rings. The second kappa shape index (κ2) is 9.38. The van der Waals surface area contributed by atoms with Crippen LogP contribution in [0, 0.1) is 0 Å². The average molecular weight is 454 g/mol. The van der Waals surface area contributed by atoms with Crippen molar-refractivity contribution in [3.63, 3.8) is 0 Å². The van der Waals surface area contributed by atoms with Gasteiger partial charge in [0, 0.05) is 45.6 Å². The van der Waals surface area contributed by atoms with E-state index in [0.717, 1.165) is 22.5 Å². The van der Waals surface area contributed by atoms with Crippen LogP contribution < -0.4 is 10.6 Å². The molecule has 2 amide bonds. The van der Waals surface area contributed by atoms with Crippen LogP contribution in [0.5, 0.6) is 0 Å². The van der Waals surface area contributed by atoms with Crippen LogP contribution in [0.15, 0.2) is 77.8 Å². The van der Waals surface area contributed by atoms with Gasteiger partial charge in [-0.15, -0.1) is 11.3 Å². The normalized spacial score (nSPS) is 12.0. The van der Waals surface area contributed by atoms with E-state index < -0.39 is 0 Å². The van der Waals surface area contributed by atoms with E-state index in [1.165, 1.54) is 20.5 Å². The van der Waals surface area contributed by atoms with Gasteiger partial charge in [0.25, 0.3) is 0 Å². The van der Waals surface area contributed by atoms with Gasteiger partial charge < -0.3 is 10.6 Å². The zero-order valence-electron chi connectivity index (χ0n) is 18.0. The maximum Gasteiger partial charge on any atom is 0.224 e. The molecule has 1 aromatic heterocycles. The molecule has 3 aromatic carbocycles. The largest absolute Gasteiger partial charge is 0.326 e. The Labute approximate surface area is 196 Å². The van der Waals surface area contributed by atoms with Crippen molar-refractivity contribution in [3.05, 3.63) is 83.9 Å². The number of carbonyl (C=O) groups is 2. The summed E-state index contributed by atoms with van der Waals surface area (Å²) in [5, 5.41) is 7.07. The van der Waals surface area contributed by atoms with Gasteiger partial charge in [-0.3, -0.25) is 14.6 Å². The summed E-state index contributed by atoms with van der Waals surface area (Å²) in [6.45, 7) is 0.656. The molecule has 5 rings (SSSR count). The molecule has 6 heteroatoms. The third-order valence-corrected chi connectivity index (χ3v) is 6.75. The molecule has 0 unspecified atom stereocenters. The van der Waals surface area contributed by atoms with Gasteiger partial charge in [-0.1, -0.05) is 36.4 Å². The Kier molecular flexibility index (Phi) is 6.00. The summed E-state index contributed by atoms with van der Waals surface area (Å²) >= 11 is 1.75. The molecule has 2 heterocycles. The van der Waals surface area contributed by atoms with Crippen LogP contribution in [0.3, 0.4) is 0 Å². The van der Waals surface area contributed by atoms with Crippen LogP contribution in [0.25, 0.3) is 20.5 Å². The molecule has 1 aliphatic rings. The Morgan fingerprint density at radius 3 is 2.36 bits per heavy atom. The quantitative estimate of drug-likeness (QED) is 0.347. The summed E-state index contributed by atoms with van der Waals surface area (Å²) in [6.07, 6.45) is 2.94. The van der Waals surface area contributed by atoms with Crippen molar-refractivity contribution in [3.8, 4) is 10.4 Å². The fraction of sp³-hybridized carbons (Fsp3) is 0.148. The number of para-hydroxylation sites is 1. The topological polar surface area (TPSA) is 70.6 Å². The lowest BCUT2D eigenvalue weighted by atomic mass is 10.00. The van der Waals surface area contributed by atoms with Crippen molar-refractivity contribution < 1.29 is 9.59 Å². The predicted molar refractivity (Wildman–Crippen MR) is 136 cm³/mol. The van der Waals surface area contributed by atoms with Gasteiger partial charge in [0.15, 0.2) is 0 Å². The van der Waals surface area contributed by atoms with E-state index in [4.69, 9.17) is 0 Å². The molecule has 5 nitrogen and oxygen atoms in total. The Balaban J connectivity index is 1.25. The number of fused-ring (bicyclic) bond motifs is 2. The van der Waals surface area contributed by atoms with E-state index in [-0.39, 0.29) is 18.2 Å². The van der Waals surface area contributed by atoms with Gasteiger partial charge in [-0.25, -0.2) is 0 Å². The lowest BCUT2D eigenvalue weighted by Crippen LogP contribution is -2.15. The van der Waals surface area contributed by atoms with E-state index in [1.807, 2.05) is 60.8 Å². The first-order valence-electron chi connectivity index (χ1n) is 11.0. The number of hydrogen-bond donors (Lipinski definition) is 2. The van der Waals surface area contributed by atoms with Gasteiger partial charge in [0.2, 0.25) is 11.8 Å². The van der Waals surface area contributed by atoms with E-state index >= 15 is 0 Å². The number of nitrogens with one attached hydrogen (secondary N) is 2. The molecule has 4 aromatic rings. The van der Waals surface area contributed by atoms with E-state index in [9.17, 15) is 9.59 Å². The number of thiophene rings is 1. The molecule has 1 aliphatic heterocycles. The molecule has 0 saturated carbocycles. The average Bonchev–Trinajstić information content (AvgIpc) is 3.46. The van der Waals surface area contributed by atoms with Crippen LogP contribution in [-0.4, -0.2) is 18.0 Å². The van der Waals surface area contributed by atoms with Crippen molar-refractivity contribution >= 4 is 50.8 Å². The minimum Gasteiger partial charge on any atom is -0.326 e. The van der Waals surface area contributed by atoms with Crippen molar-refractivity contribution in [2.75, 3.05) is 10.6 Å². The third kappa shape index (κ3) is 4.86. The number of nitrogens with zero attached hydrogens (tertiary/aromatic N) is 1. The van der Waals surface area contributed by atoms with Gasteiger partial charge in [-0.05, 0) is 59.3 Å². The lowest BCUT2D eigenvalue weighted by Gasteiger charge is -2.11. The Bertz CT molecular complexity index is 1330. The number of rotatable bonds is 7. The first-order valence-corrected chi connectivity index (χ1v) is 11.8. The third-order valence-electron chi connectivity index (χ3n) is 5.60. The summed E-state index contributed by atoms with van der Waals surface area (Å²) < 4.78 is 1.24. The van der Waals surface area contributed by atoms with E-state index in [1.54, 1.807) is 11.3 Å². The van der Waals surface area contributed by atoms with Crippen LogP contribution in [0.1, 0.15) is 30.4 Å². The monoisotopic (exact) mass is 453 g/mol. The SMILES string of the molecule is O=C(CCCC(=O)Nc1cc2c(c(-c3cc4ccccc4s3)c1)CN=C2)Nc1ccccc1. The van der Waals surface area contributed by atoms with Gasteiger partial charge in [0.05, 0.1) is 6.54 Å². The lowest BCUT2D eigenvalue weighted by molar-refractivity contribution is -0.117. The first-order chi connectivity index (χ1) is 16.2. The van der Waals surface area contributed by atoms with Crippen molar-refractivity contribution in [2.45, 2.75) is 25.8 Å². The molecule has 164 valence electrons. The fourth-order valence-electron chi connectivity index (χ4n) is 4.01. The van der Waals surface area contributed by atoms with Crippen LogP contribution in [0.4, 0.5) is 11.4 Å². The minimum atomic E-state index is -0.0975.